The van der Waals surface area contributed by atoms with Gasteiger partial charge >= 0.3 is 5.97 Å². The van der Waals surface area contributed by atoms with Gasteiger partial charge in [0.05, 0.1) is 25.2 Å². The predicted molar refractivity (Wildman–Crippen MR) is 65.6 cm³/mol. The van der Waals surface area contributed by atoms with E-state index in [9.17, 15) is 4.79 Å². The van der Waals surface area contributed by atoms with Gasteiger partial charge in [0.2, 0.25) is 0 Å². The Bertz CT molecular complexity index is 360. The molecular weight excluding hydrogens is 218 g/mol. The molecule has 0 amide bonds. The highest BCUT2D eigenvalue weighted by Crippen LogP contribution is 2.10. The first-order valence-electron chi connectivity index (χ1n) is 5.89. The molecule has 17 heavy (non-hydrogen) atoms. The minimum absolute atomic E-state index is 0.189. The Morgan fingerprint density at radius 1 is 1.59 bits per heavy atom. The molecule has 5 nitrogen and oxygen atoms in total. The maximum absolute atomic E-state index is 11.3. The SMILES string of the molecule is CCOC(=O)CN(C)Cc1cncn1C(C)C. The average molecular weight is 239 g/mol. The monoisotopic (exact) mass is 239 g/mol. The lowest BCUT2D eigenvalue weighted by Crippen LogP contribution is -2.28. The minimum atomic E-state index is -0.189. The molecule has 0 aliphatic rings. The summed E-state index contributed by atoms with van der Waals surface area (Å²) in [7, 11) is 1.90. The maximum atomic E-state index is 11.3. The zero-order valence-electron chi connectivity index (χ0n) is 11.0. The van der Waals surface area contributed by atoms with Gasteiger partial charge in [0, 0.05) is 18.8 Å². The average Bonchev–Trinajstić information content (AvgIpc) is 2.65. The number of esters is 1. The van der Waals surface area contributed by atoms with Crippen LogP contribution in [0.25, 0.3) is 0 Å². The van der Waals surface area contributed by atoms with Gasteiger partial charge in [0.1, 0.15) is 0 Å². The molecule has 0 saturated carbocycles. The highest BCUT2D eigenvalue weighted by atomic mass is 16.5. The van der Waals surface area contributed by atoms with Crippen molar-refractivity contribution in [1.29, 1.82) is 0 Å². The fraction of sp³-hybridized carbons (Fsp3) is 0.667. The Balaban J connectivity index is 2.53. The van der Waals surface area contributed by atoms with Crippen molar-refractivity contribution in [1.82, 2.24) is 14.5 Å². The normalized spacial score (nSPS) is 11.2. The lowest BCUT2D eigenvalue weighted by Gasteiger charge is -2.18. The highest BCUT2D eigenvalue weighted by Gasteiger charge is 2.11. The molecule has 5 heteroatoms. The smallest absolute Gasteiger partial charge is 0.320 e. The molecule has 0 radical (unpaired) electrons. The largest absolute Gasteiger partial charge is 0.465 e. The van der Waals surface area contributed by atoms with Crippen LogP contribution in [0.4, 0.5) is 0 Å². The number of hydrogen-bond donors (Lipinski definition) is 0. The second kappa shape index (κ2) is 6.39. The van der Waals surface area contributed by atoms with Crippen molar-refractivity contribution in [2.75, 3.05) is 20.2 Å². The first kappa shape index (κ1) is 13.7. The van der Waals surface area contributed by atoms with Crippen LogP contribution in [0.3, 0.4) is 0 Å². The lowest BCUT2D eigenvalue weighted by atomic mass is 10.3. The topological polar surface area (TPSA) is 47.4 Å². The summed E-state index contributed by atoms with van der Waals surface area (Å²) in [5, 5.41) is 0. The second-order valence-corrected chi connectivity index (χ2v) is 4.36. The predicted octanol–water partition coefficient (Wildman–Crippen LogP) is 1.46. The standard InChI is InChI=1S/C12H21N3O2/c1-5-17-12(16)8-14(4)7-11-6-13-9-15(11)10(2)3/h6,9-10H,5,7-8H2,1-4H3. The maximum Gasteiger partial charge on any atom is 0.320 e. The van der Waals surface area contributed by atoms with Crippen molar-refractivity contribution in [2.45, 2.75) is 33.4 Å². The highest BCUT2D eigenvalue weighted by molar-refractivity contribution is 5.71. The van der Waals surface area contributed by atoms with Crippen LogP contribution in [0.15, 0.2) is 12.5 Å². The number of likely N-dealkylation sites (N-methyl/N-ethyl adjacent to an activating group) is 1. The zero-order valence-corrected chi connectivity index (χ0v) is 11.0. The van der Waals surface area contributed by atoms with E-state index in [4.69, 9.17) is 4.74 Å². The van der Waals surface area contributed by atoms with E-state index >= 15 is 0 Å². The van der Waals surface area contributed by atoms with Crippen LogP contribution in [0.2, 0.25) is 0 Å². The lowest BCUT2D eigenvalue weighted by molar-refractivity contribution is -0.144. The minimum Gasteiger partial charge on any atom is -0.465 e. The van der Waals surface area contributed by atoms with Crippen LogP contribution in [0.5, 0.6) is 0 Å². The Morgan fingerprint density at radius 3 is 2.88 bits per heavy atom. The molecule has 0 N–H and O–H groups in total. The molecule has 0 atom stereocenters. The summed E-state index contributed by atoms with van der Waals surface area (Å²) >= 11 is 0. The van der Waals surface area contributed by atoms with Gasteiger partial charge in [0.25, 0.3) is 0 Å². The fourth-order valence-corrected chi connectivity index (χ4v) is 1.68. The van der Waals surface area contributed by atoms with Gasteiger partial charge in [-0.05, 0) is 27.8 Å². The van der Waals surface area contributed by atoms with Crippen molar-refractivity contribution in [3.05, 3.63) is 18.2 Å². The second-order valence-electron chi connectivity index (χ2n) is 4.36. The molecule has 0 bridgehead atoms. The van der Waals surface area contributed by atoms with Gasteiger partial charge in [0.15, 0.2) is 0 Å². The number of aromatic nitrogens is 2. The molecule has 0 saturated heterocycles. The summed E-state index contributed by atoms with van der Waals surface area (Å²) < 4.78 is 7.01. The molecular formula is C12H21N3O2. The fourth-order valence-electron chi connectivity index (χ4n) is 1.68. The number of carbonyl (C=O) groups is 1. The van der Waals surface area contributed by atoms with Gasteiger partial charge in [-0.3, -0.25) is 9.69 Å². The van der Waals surface area contributed by atoms with E-state index in [2.05, 4.69) is 23.4 Å². The molecule has 1 aromatic rings. The van der Waals surface area contributed by atoms with E-state index < -0.39 is 0 Å². The summed E-state index contributed by atoms with van der Waals surface area (Å²) in [4.78, 5) is 17.4. The van der Waals surface area contributed by atoms with Crippen molar-refractivity contribution < 1.29 is 9.53 Å². The molecule has 1 heterocycles. The molecule has 0 aromatic carbocycles. The summed E-state index contributed by atoms with van der Waals surface area (Å²) in [5.41, 5.74) is 1.10. The Hall–Kier alpha value is -1.36. The Kier molecular flexibility index (Phi) is 5.15. The van der Waals surface area contributed by atoms with Crippen molar-refractivity contribution >= 4 is 5.97 Å². The summed E-state index contributed by atoms with van der Waals surface area (Å²) in [6.07, 6.45) is 3.65. The third-order valence-electron chi connectivity index (χ3n) is 2.44. The van der Waals surface area contributed by atoms with Crippen molar-refractivity contribution in [3.8, 4) is 0 Å². The Labute approximate surface area is 102 Å². The number of nitrogens with zero attached hydrogens (tertiary/aromatic N) is 3. The van der Waals surface area contributed by atoms with Gasteiger partial charge in [-0.15, -0.1) is 0 Å². The third kappa shape index (κ3) is 4.19. The number of hydrogen-bond acceptors (Lipinski definition) is 4. The van der Waals surface area contributed by atoms with E-state index in [-0.39, 0.29) is 5.97 Å². The quantitative estimate of drug-likeness (QED) is 0.705. The third-order valence-corrected chi connectivity index (χ3v) is 2.44. The molecule has 0 aliphatic heterocycles. The van der Waals surface area contributed by atoms with Gasteiger partial charge in [-0.2, -0.15) is 0 Å². The first-order valence-corrected chi connectivity index (χ1v) is 5.89. The van der Waals surface area contributed by atoms with Crippen molar-refractivity contribution in [2.24, 2.45) is 0 Å². The van der Waals surface area contributed by atoms with Crippen LogP contribution in [-0.2, 0) is 16.1 Å². The first-order chi connectivity index (χ1) is 8.04. The number of ether oxygens (including phenoxy) is 1. The molecule has 0 spiro atoms. The molecule has 0 aliphatic carbocycles. The van der Waals surface area contributed by atoms with Crippen LogP contribution in [0.1, 0.15) is 32.5 Å². The zero-order chi connectivity index (χ0) is 12.8. The van der Waals surface area contributed by atoms with Gasteiger partial charge in [-0.25, -0.2) is 4.98 Å². The van der Waals surface area contributed by atoms with Crippen LogP contribution >= 0.6 is 0 Å². The summed E-state index contributed by atoms with van der Waals surface area (Å²) in [6.45, 7) is 7.45. The molecule has 0 unspecified atom stereocenters. The Morgan fingerprint density at radius 2 is 2.29 bits per heavy atom. The molecule has 1 rings (SSSR count). The van der Waals surface area contributed by atoms with Crippen LogP contribution in [0, 0.1) is 0 Å². The van der Waals surface area contributed by atoms with E-state index in [1.807, 2.05) is 31.4 Å². The number of rotatable bonds is 6. The van der Waals surface area contributed by atoms with E-state index in [0.29, 0.717) is 25.7 Å². The van der Waals surface area contributed by atoms with Crippen LogP contribution in [-0.4, -0.2) is 40.6 Å². The van der Waals surface area contributed by atoms with Gasteiger partial charge < -0.3 is 9.30 Å². The summed E-state index contributed by atoms with van der Waals surface area (Å²) in [6, 6.07) is 0.378. The number of carbonyl (C=O) groups excluding carboxylic acids is 1. The molecule has 96 valence electrons. The van der Waals surface area contributed by atoms with Crippen LogP contribution < -0.4 is 0 Å². The van der Waals surface area contributed by atoms with E-state index in [1.165, 1.54) is 0 Å². The number of imidazole rings is 1. The summed E-state index contributed by atoms with van der Waals surface area (Å²) in [5.74, 6) is -0.189. The molecule has 1 aromatic heterocycles. The van der Waals surface area contributed by atoms with Gasteiger partial charge in [-0.1, -0.05) is 0 Å². The molecule has 0 fully saturated rings. The van der Waals surface area contributed by atoms with E-state index in [0.717, 1.165) is 5.69 Å². The van der Waals surface area contributed by atoms with E-state index in [1.54, 1.807) is 0 Å². The van der Waals surface area contributed by atoms with Crippen molar-refractivity contribution in [3.63, 3.8) is 0 Å².